The summed E-state index contributed by atoms with van der Waals surface area (Å²) in [5, 5.41) is 0.559. The number of Topliss-reactive ketones (excluding diaryl/α,β-unsaturated/α-hetero) is 1. The number of hydrogen-bond acceptors (Lipinski definition) is 6. The highest BCUT2D eigenvalue weighted by molar-refractivity contribution is 7.99. The van der Waals surface area contributed by atoms with Crippen molar-refractivity contribution in [1.29, 1.82) is 0 Å². The molecule has 2 aromatic heterocycles. The molecule has 0 saturated carbocycles. The Morgan fingerprint density at radius 3 is 2.77 bits per heavy atom. The van der Waals surface area contributed by atoms with E-state index < -0.39 is 0 Å². The monoisotopic (exact) mass is 439 g/mol. The maximum atomic E-state index is 12.9. The summed E-state index contributed by atoms with van der Waals surface area (Å²) < 4.78 is 15.9. The number of aryl methyl sites for hydroxylation is 2. The minimum atomic E-state index is -0.297. The Labute approximate surface area is 185 Å². The number of fused-ring (bicyclic) bond motifs is 1. The van der Waals surface area contributed by atoms with Crippen LogP contribution in [0.3, 0.4) is 0 Å². The van der Waals surface area contributed by atoms with Gasteiger partial charge in [-0.1, -0.05) is 23.9 Å². The number of thioether (sulfide) groups is 1. The third-order valence-electron chi connectivity index (χ3n) is 5.35. The molecule has 0 saturated heterocycles. The Morgan fingerprint density at radius 2 is 2.00 bits per heavy atom. The molecule has 4 rings (SSSR count). The van der Waals surface area contributed by atoms with Gasteiger partial charge in [-0.05, 0) is 39.0 Å². The molecule has 7 nitrogen and oxygen atoms in total. The van der Waals surface area contributed by atoms with E-state index in [1.807, 2.05) is 55.7 Å². The second kappa shape index (κ2) is 9.01. The van der Waals surface area contributed by atoms with E-state index in [0.29, 0.717) is 30.4 Å². The lowest BCUT2D eigenvalue weighted by atomic mass is 10.2. The number of nitrogens with zero attached hydrogens (tertiary/aromatic N) is 3. The van der Waals surface area contributed by atoms with Gasteiger partial charge >= 0.3 is 0 Å². The fourth-order valence-corrected chi connectivity index (χ4v) is 4.62. The van der Waals surface area contributed by atoms with Crippen LogP contribution in [0.5, 0.6) is 11.5 Å². The van der Waals surface area contributed by atoms with Crippen LogP contribution in [0.15, 0.2) is 52.5 Å². The number of aromatic nitrogens is 3. The zero-order valence-corrected chi connectivity index (χ0v) is 18.6. The largest absolute Gasteiger partial charge is 0.486 e. The van der Waals surface area contributed by atoms with Gasteiger partial charge in [-0.2, -0.15) is 4.98 Å². The number of carbonyl (C=O) groups is 1. The Bertz CT molecular complexity index is 1170. The van der Waals surface area contributed by atoms with Crippen molar-refractivity contribution in [2.75, 3.05) is 12.4 Å². The lowest BCUT2D eigenvalue weighted by molar-refractivity contribution is 0.0777. The fourth-order valence-electron chi connectivity index (χ4n) is 3.70. The molecule has 0 bridgehead atoms. The molecule has 0 radical (unpaired) electrons. The molecule has 0 N–H and O–H groups in total. The van der Waals surface area contributed by atoms with Crippen LogP contribution >= 0.6 is 11.8 Å². The number of para-hydroxylation sites is 2. The van der Waals surface area contributed by atoms with Crippen molar-refractivity contribution in [3.8, 4) is 11.5 Å². The average molecular weight is 440 g/mol. The molecule has 3 heterocycles. The van der Waals surface area contributed by atoms with Gasteiger partial charge in [0.1, 0.15) is 6.61 Å². The van der Waals surface area contributed by atoms with Crippen molar-refractivity contribution >= 4 is 17.5 Å². The number of carbonyl (C=O) groups excluding carboxylic acids is 1. The SMILES string of the molecule is CCn1ccc(=O)nc1SCC(=O)c1cc(C)n(CC2COc3ccccc3O2)c1C. The number of rotatable bonds is 7. The number of ether oxygens (including phenoxy) is 2. The Kier molecular flexibility index (Phi) is 6.18. The summed E-state index contributed by atoms with van der Waals surface area (Å²) in [5.41, 5.74) is 2.29. The molecule has 0 amide bonds. The Morgan fingerprint density at radius 1 is 1.23 bits per heavy atom. The summed E-state index contributed by atoms with van der Waals surface area (Å²) >= 11 is 1.29. The van der Waals surface area contributed by atoms with Gasteiger partial charge in [-0.3, -0.25) is 9.59 Å². The molecular formula is C23H25N3O4S. The topological polar surface area (TPSA) is 75.4 Å². The van der Waals surface area contributed by atoms with Gasteiger partial charge in [0, 0.05) is 35.8 Å². The first kappa shape index (κ1) is 21.2. The minimum absolute atomic E-state index is 0.0104. The van der Waals surface area contributed by atoms with Crippen LogP contribution in [0.4, 0.5) is 0 Å². The van der Waals surface area contributed by atoms with Crippen molar-refractivity contribution in [2.45, 2.75) is 45.1 Å². The van der Waals surface area contributed by atoms with Gasteiger partial charge in [0.2, 0.25) is 0 Å². The molecule has 0 fully saturated rings. The van der Waals surface area contributed by atoms with Crippen molar-refractivity contribution in [3.05, 3.63) is 69.9 Å². The van der Waals surface area contributed by atoms with Crippen LogP contribution in [-0.4, -0.2) is 38.4 Å². The second-order valence-corrected chi connectivity index (χ2v) is 8.38. The van der Waals surface area contributed by atoms with Gasteiger partial charge in [-0.25, -0.2) is 0 Å². The molecule has 8 heteroatoms. The zero-order valence-electron chi connectivity index (χ0n) is 17.8. The molecular weight excluding hydrogens is 414 g/mol. The molecule has 1 unspecified atom stereocenters. The van der Waals surface area contributed by atoms with Gasteiger partial charge in [0.05, 0.1) is 12.3 Å². The summed E-state index contributed by atoms with van der Waals surface area (Å²) in [6.45, 7) is 7.66. The van der Waals surface area contributed by atoms with Gasteiger partial charge in [-0.15, -0.1) is 0 Å². The third-order valence-corrected chi connectivity index (χ3v) is 6.34. The van der Waals surface area contributed by atoms with E-state index in [1.54, 1.807) is 6.20 Å². The minimum Gasteiger partial charge on any atom is -0.486 e. The second-order valence-electron chi connectivity index (χ2n) is 7.44. The third kappa shape index (κ3) is 4.54. The van der Waals surface area contributed by atoms with E-state index in [1.165, 1.54) is 17.8 Å². The quantitative estimate of drug-likeness (QED) is 0.319. The van der Waals surface area contributed by atoms with Crippen LogP contribution in [-0.2, 0) is 13.1 Å². The highest BCUT2D eigenvalue weighted by Gasteiger charge is 2.24. The molecule has 162 valence electrons. The van der Waals surface area contributed by atoms with Crippen molar-refractivity contribution in [3.63, 3.8) is 0 Å². The van der Waals surface area contributed by atoms with E-state index in [-0.39, 0.29) is 23.2 Å². The first-order valence-electron chi connectivity index (χ1n) is 10.2. The van der Waals surface area contributed by atoms with Crippen LogP contribution in [0.1, 0.15) is 28.7 Å². The maximum absolute atomic E-state index is 12.9. The molecule has 0 aliphatic carbocycles. The number of hydrogen-bond donors (Lipinski definition) is 0. The summed E-state index contributed by atoms with van der Waals surface area (Å²) in [6, 6.07) is 11.0. The highest BCUT2D eigenvalue weighted by atomic mass is 32.2. The van der Waals surface area contributed by atoms with E-state index in [4.69, 9.17) is 9.47 Å². The van der Waals surface area contributed by atoms with Crippen molar-refractivity contribution < 1.29 is 14.3 Å². The molecule has 31 heavy (non-hydrogen) atoms. The molecule has 1 aliphatic heterocycles. The first-order chi connectivity index (χ1) is 15.0. The lowest BCUT2D eigenvalue weighted by Gasteiger charge is -2.27. The normalized spacial score (nSPS) is 15.1. The van der Waals surface area contributed by atoms with Gasteiger partial charge in [0.25, 0.3) is 5.56 Å². The number of benzene rings is 1. The Hall–Kier alpha value is -3.00. The smallest absolute Gasteiger partial charge is 0.273 e. The van der Waals surface area contributed by atoms with Crippen molar-refractivity contribution in [1.82, 2.24) is 14.1 Å². The predicted octanol–water partition coefficient (Wildman–Crippen LogP) is 3.50. The number of ketones is 1. The summed E-state index contributed by atoms with van der Waals surface area (Å²) in [4.78, 5) is 28.6. The molecule has 1 aliphatic rings. The van der Waals surface area contributed by atoms with E-state index in [2.05, 4.69) is 9.55 Å². The molecule has 1 atom stereocenters. The standard InChI is InChI=1S/C23H25N3O4S/c1-4-25-10-9-22(28)24-23(25)31-14-19(27)18-11-15(2)26(16(18)3)12-17-13-29-20-7-5-6-8-21(20)30-17/h5-11,17H,4,12-14H2,1-3H3. The van der Waals surface area contributed by atoms with E-state index >= 15 is 0 Å². The van der Waals surface area contributed by atoms with Crippen molar-refractivity contribution in [2.24, 2.45) is 0 Å². The molecule has 3 aromatic rings. The van der Waals surface area contributed by atoms with Crippen LogP contribution in [0.2, 0.25) is 0 Å². The van der Waals surface area contributed by atoms with Gasteiger partial charge in [0.15, 0.2) is 28.5 Å². The lowest BCUT2D eigenvalue weighted by Crippen LogP contribution is -2.33. The summed E-state index contributed by atoms with van der Waals surface area (Å²) in [6.07, 6.45) is 1.57. The average Bonchev–Trinajstić information content (AvgIpc) is 3.06. The van der Waals surface area contributed by atoms with Crippen LogP contribution < -0.4 is 15.0 Å². The van der Waals surface area contributed by atoms with E-state index in [0.717, 1.165) is 22.9 Å². The fraction of sp³-hybridized carbons (Fsp3) is 0.348. The van der Waals surface area contributed by atoms with Gasteiger partial charge < -0.3 is 18.6 Å². The Balaban J connectivity index is 1.46. The van der Waals surface area contributed by atoms with E-state index in [9.17, 15) is 9.59 Å². The predicted molar refractivity (Wildman–Crippen MR) is 119 cm³/mol. The zero-order chi connectivity index (χ0) is 22.0. The van der Waals surface area contributed by atoms with Crippen LogP contribution in [0, 0.1) is 13.8 Å². The molecule has 1 aromatic carbocycles. The first-order valence-corrected chi connectivity index (χ1v) is 11.2. The van der Waals surface area contributed by atoms with Crippen LogP contribution in [0.25, 0.3) is 0 Å². The summed E-state index contributed by atoms with van der Waals surface area (Å²) in [5.74, 6) is 1.73. The summed E-state index contributed by atoms with van der Waals surface area (Å²) in [7, 11) is 0. The molecule has 0 spiro atoms. The highest BCUT2D eigenvalue weighted by Crippen LogP contribution is 2.31. The maximum Gasteiger partial charge on any atom is 0.273 e.